The summed E-state index contributed by atoms with van der Waals surface area (Å²) in [7, 11) is 0. The van der Waals surface area contributed by atoms with Gasteiger partial charge in [0, 0.05) is 12.3 Å². The zero-order valence-corrected chi connectivity index (χ0v) is 12.3. The molecule has 0 spiro atoms. The first-order valence-corrected chi connectivity index (χ1v) is 7.83. The number of carboxylic acids is 1. The molecule has 1 aromatic carbocycles. The molecule has 1 aromatic rings. The predicted molar refractivity (Wildman–Crippen MR) is 79.6 cm³/mol. The van der Waals surface area contributed by atoms with Crippen LogP contribution >= 0.6 is 11.8 Å². The van der Waals surface area contributed by atoms with Gasteiger partial charge in [0.2, 0.25) is 5.91 Å². The van der Waals surface area contributed by atoms with E-state index in [1.165, 1.54) is 10.5 Å². The van der Waals surface area contributed by atoms with Crippen LogP contribution < -0.4 is 0 Å². The van der Waals surface area contributed by atoms with Gasteiger partial charge in [-0.2, -0.15) is 0 Å². The number of carbonyl (C=O) groups excluding carboxylic acids is 1. The normalized spacial score (nSPS) is 19.9. The Bertz CT molecular complexity index is 477. The van der Waals surface area contributed by atoms with Crippen LogP contribution in [0.4, 0.5) is 0 Å². The molecule has 108 valence electrons. The predicted octanol–water partition coefficient (Wildman–Crippen LogP) is 2.38. The minimum atomic E-state index is -0.892. The Morgan fingerprint density at radius 1 is 1.40 bits per heavy atom. The van der Waals surface area contributed by atoms with Crippen LogP contribution in [0.25, 0.3) is 0 Å². The van der Waals surface area contributed by atoms with Gasteiger partial charge < -0.3 is 10.0 Å². The monoisotopic (exact) mass is 293 g/mol. The number of amides is 1. The number of carbonyl (C=O) groups is 2. The van der Waals surface area contributed by atoms with Crippen molar-refractivity contribution in [1.82, 2.24) is 4.90 Å². The lowest BCUT2D eigenvalue weighted by Gasteiger charge is -2.24. The van der Waals surface area contributed by atoms with Gasteiger partial charge in [-0.15, -0.1) is 11.8 Å². The average Bonchev–Trinajstić information content (AvgIpc) is 2.94. The smallest absolute Gasteiger partial charge is 0.326 e. The number of carboxylic acid groups (broad SMARTS) is 1. The van der Waals surface area contributed by atoms with E-state index in [-0.39, 0.29) is 11.2 Å². The largest absolute Gasteiger partial charge is 0.480 e. The molecule has 1 fully saturated rings. The summed E-state index contributed by atoms with van der Waals surface area (Å²) in [6, 6.07) is 9.33. The van der Waals surface area contributed by atoms with Crippen LogP contribution in [0.15, 0.2) is 30.3 Å². The SMILES string of the molecule is CC(SCc1ccccc1)C(=O)N1CCC[C@@H]1C(=O)O. The fraction of sp³-hybridized carbons (Fsp3) is 0.467. The van der Waals surface area contributed by atoms with Gasteiger partial charge in [0.25, 0.3) is 0 Å². The Labute approximate surface area is 123 Å². The summed E-state index contributed by atoms with van der Waals surface area (Å²) in [5.41, 5.74) is 1.17. The van der Waals surface area contributed by atoms with E-state index in [1.807, 2.05) is 37.3 Å². The van der Waals surface area contributed by atoms with E-state index in [9.17, 15) is 9.59 Å². The first kappa shape index (κ1) is 14.9. The topological polar surface area (TPSA) is 57.6 Å². The zero-order chi connectivity index (χ0) is 14.5. The Kier molecular flexibility index (Phi) is 5.06. The first-order valence-electron chi connectivity index (χ1n) is 6.78. The van der Waals surface area contributed by atoms with Gasteiger partial charge in [-0.05, 0) is 25.3 Å². The van der Waals surface area contributed by atoms with Gasteiger partial charge in [-0.3, -0.25) is 4.79 Å². The summed E-state index contributed by atoms with van der Waals surface area (Å²) in [5, 5.41) is 8.91. The molecule has 0 radical (unpaired) electrons. The van der Waals surface area contributed by atoms with E-state index in [0.29, 0.717) is 13.0 Å². The van der Waals surface area contributed by atoms with Gasteiger partial charge in [0.1, 0.15) is 6.04 Å². The van der Waals surface area contributed by atoms with Crippen molar-refractivity contribution in [2.75, 3.05) is 6.54 Å². The van der Waals surface area contributed by atoms with E-state index in [1.54, 1.807) is 11.8 Å². The van der Waals surface area contributed by atoms with Crippen molar-refractivity contribution in [3.8, 4) is 0 Å². The average molecular weight is 293 g/mol. The number of nitrogens with zero attached hydrogens (tertiary/aromatic N) is 1. The highest BCUT2D eigenvalue weighted by molar-refractivity contribution is 7.99. The molecule has 2 atom stereocenters. The van der Waals surface area contributed by atoms with Crippen molar-refractivity contribution in [3.05, 3.63) is 35.9 Å². The highest BCUT2D eigenvalue weighted by Gasteiger charge is 2.35. The Morgan fingerprint density at radius 2 is 2.10 bits per heavy atom. The minimum absolute atomic E-state index is 0.0594. The molecule has 1 aliphatic rings. The second kappa shape index (κ2) is 6.79. The van der Waals surface area contributed by atoms with E-state index in [0.717, 1.165) is 12.2 Å². The number of hydrogen-bond donors (Lipinski definition) is 1. The van der Waals surface area contributed by atoms with Crippen LogP contribution in [-0.4, -0.2) is 39.7 Å². The molecule has 1 heterocycles. The number of rotatable bonds is 5. The number of thioether (sulfide) groups is 1. The number of likely N-dealkylation sites (tertiary alicyclic amines) is 1. The Balaban J connectivity index is 1.90. The zero-order valence-electron chi connectivity index (χ0n) is 11.5. The summed E-state index contributed by atoms with van der Waals surface area (Å²) < 4.78 is 0. The molecule has 1 saturated heterocycles. The fourth-order valence-electron chi connectivity index (χ4n) is 2.39. The van der Waals surface area contributed by atoms with E-state index in [4.69, 9.17) is 5.11 Å². The molecule has 20 heavy (non-hydrogen) atoms. The number of benzene rings is 1. The van der Waals surface area contributed by atoms with Crippen molar-refractivity contribution < 1.29 is 14.7 Å². The summed E-state index contributed by atoms with van der Waals surface area (Å²) in [6.45, 7) is 2.42. The number of aliphatic carboxylic acids is 1. The van der Waals surface area contributed by atoms with Crippen LogP contribution in [0.3, 0.4) is 0 Å². The van der Waals surface area contributed by atoms with Crippen molar-refractivity contribution >= 4 is 23.6 Å². The van der Waals surface area contributed by atoms with Gasteiger partial charge in [-0.1, -0.05) is 30.3 Å². The van der Waals surface area contributed by atoms with Gasteiger partial charge in [0.15, 0.2) is 0 Å². The molecule has 5 heteroatoms. The molecule has 0 saturated carbocycles. The molecule has 0 aliphatic carbocycles. The third-order valence-corrected chi connectivity index (χ3v) is 4.71. The molecule has 1 aliphatic heterocycles. The summed E-state index contributed by atoms with van der Waals surface area (Å²) in [4.78, 5) is 25.0. The lowest BCUT2D eigenvalue weighted by atomic mass is 10.2. The van der Waals surface area contributed by atoms with Crippen molar-refractivity contribution in [2.24, 2.45) is 0 Å². The number of hydrogen-bond acceptors (Lipinski definition) is 3. The Morgan fingerprint density at radius 3 is 2.75 bits per heavy atom. The van der Waals surface area contributed by atoms with Crippen LogP contribution in [0.2, 0.25) is 0 Å². The van der Waals surface area contributed by atoms with Gasteiger partial charge in [0.05, 0.1) is 5.25 Å². The molecule has 0 aromatic heterocycles. The fourth-order valence-corrected chi connectivity index (χ4v) is 3.30. The van der Waals surface area contributed by atoms with E-state index < -0.39 is 12.0 Å². The second-order valence-electron chi connectivity index (χ2n) is 4.97. The highest BCUT2D eigenvalue weighted by Crippen LogP contribution is 2.24. The molecule has 2 rings (SSSR count). The molecule has 1 unspecified atom stereocenters. The van der Waals surface area contributed by atoms with E-state index in [2.05, 4.69) is 0 Å². The molecular formula is C15H19NO3S. The first-order chi connectivity index (χ1) is 9.59. The molecule has 0 bridgehead atoms. The molecular weight excluding hydrogens is 274 g/mol. The maximum atomic E-state index is 12.3. The Hall–Kier alpha value is -1.49. The molecule has 1 amide bonds. The van der Waals surface area contributed by atoms with Gasteiger partial charge >= 0.3 is 5.97 Å². The summed E-state index contributed by atoms with van der Waals surface area (Å²) in [6.07, 6.45) is 1.34. The van der Waals surface area contributed by atoms with Crippen molar-refractivity contribution in [1.29, 1.82) is 0 Å². The quantitative estimate of drug-likeness (QED) is 0.905. The maximum absolute atomic E-state index is 12.3. The molecule has 4 nitrogen and oxygen atoms in total. The van der Waals surface area contributed by atoms with Crippen LogP contribution in [-0.2, 0) is 15.3 Å². The minimum Gasteiger partial charge on any atom is -0.480 e. The summed E-state index contributed by atoms with van der Waals surface area (Å²) in [5.74, 6) is -0.189. The van der Waals surface area contributed by atoms with Crippen molar-refractivity contribution in [2.45, 2.75) is 36.8 Å². The third-order valence-electron chi connectivity index (χ3n) is 3.51. The van der Waals surface area contributed by atoms with Gasteiger partial charge in [-0.25, -0.2) is 4.79 Å². The second-order valence-corrected chi connectivity index (χ2v) is 6.30. The molecule has 1 N–H and O–H groups in total. The van der Waals surface area contributed by atoms with Crippen LogP contribution in [0.5, 0.6) is 0 Å². The lowest BCUT2D eigenvalue weighted by molar-refractivity contribution is -0.147. The van der Waals surface area contributed by atoms with Crippen molar-refractivity contribution in [3.63, 3.8) is 0 Å². The third kappa shape index (κ3) is 3.54. The standard InChI is InChI=1S/C15H19NO3S/c1-11(20-10-12-6-3-2-4-7-12)14(17)16-9-5-8-13(16)15(18)19/h2-4,6-7,11,13H,5,8-10H2,1H3,(H,18,19)/t11?,13-/m1/s1. The lowest BCUT2D eigenvalue weighted by Crippen LogP contribution is -2.43. The highest BCUT2D eigenvalue weighted by atomic mass is 32.2. The van der Waals surface area contributed by atoms with E-state index >= 15 is 0 Å². The van der Waals surface area contributed by atoms with Crippen LogP contribution in [0, 0.1) is 0 Å². The van der Waals surface area contributed by atoms with Crippen LogP contribution in [0.1, 0.15) is 25.3 Å². The maximum Gasteiger partial charge on any atom is 0.326 e. The summed E-state index contributed by atoms with van der Waals surface area (Å²) >= 11 is 1.55.